The highest BCUT2D eigenvalue weighted by molar-refractivity contribution is 8.76. The summed E-state index contributed by atoms with van der Waals surface area (Å²) in [6.07, 6.45) is 1.60. The number of carboxylic acid groups (broad SMARTS) is 3. The number of guanidine groups is 1. The second-order valence-electron chi connectivity index (χ2n) is 29.7. The molecule has 5 aromatic rings. The number of carbonyl (C=O) groups is 13. The van der Waals surface area contributed by atoms with Crippen molar-refractivity contribution < 1.29 is 92.2 Å². The number of anilines is 2. The van der Waals surface area contributed by atoms with Gasteiger partial charge in [-0.2, -0.15) is 4.98 Å². The van der Waals surface area contributed by atoms with Crippen LogP contribution in [0.5, 0.6) is 5.75 Å². The molecule has 41 heteroatoms. The van der Waals surface area contributed by atoms with Crippen LogP contribution < -0.4 is 59.8 Å². The molecule has 11 atom stereocenters. The fourth-order valence-corrected chi connectivity index (χ4v) is 16.0. The van der Waals surface area contributed by atoms with Crippen LogP contribution in [0.25, 0.3) is 11.2 Å². The molecule has 0 saturated carbocycles. The SMILES string of the molecule is CCCC(=O)OCN(C(=O)C(NC(=O)[C@H]1CCCCN1C)[C@@H](C)CC)[C@H](C[C@@H](C)c1nc(C(=O)NC(Cc2ccc(O)cc2)C[C@H](C)C(=O)NNC(=O)OCCSSC[C@@H](CC(=O)[C@@H](CC(=O)O)NC(=O)[C@@H](CCCNC(=N)N)CC(=O)CC[C@@H](NC(=O)c2ccc(NCc3cnc4nc(N)[nH]c(=O)c4n3)cc2)C(=O)O)C(=O)O)cs1)C(C)C. The van der Waals surface area contributed by atoms with Crippen molar-refractivity contribution in [2.75, 3.05) is 56.0 Å². The molecule has 1 saturated heterocycles. The Morgan fingerprint density at radius 1 is 0.790 bits per heavy atom. The first kappa shape index (κ1) is 96.8. The summed E-state index contributed by atoms with van der Waals surface area (Å²) in [7, 11) is 3.94. The number of H-pyrrole nitrogens is 1. The van der Waals surface area contributed by atoms with Gasteiger partial charge in [0.15, 0.2) is 29.6 Å². The lowest BCUT2D eigenvalue weighted by Gasteiger charge is -2.39. The van der Waals surface area contributed by atoms with Crippen molar-refractivity contribution in [3.63, 3.8) is 0 Å². The lowest BCUT2D eigenvalue weighted by molar-refractivity contribution is -0.159. The Hall–Kier alpha value is -11.1. The summed E-state index contributed by atoms with van der Waals surface area (Å²) < 4.78 is 10.9. The largest absolute Gasteiger partial charge is 0.508 e. The van der Waals surface area contributed by atoms with E-state index in [1.807, 2.05) is 53.5 Å². The van der Waals surface area contributed by atoms with Gasteiger partial charge in [0.25, 0.3) is 17.4 Å². The van der Waals surface area contributed by atoms with Crippen LogP contribution in [0, 0.1) is 35.0 Å². The van der Waals surface area contributed by atoms with Crippen molar-refractivity contribution in [2.24, 2.45) is 35.3 Å². The van der Waals surface area contributed by atoms with Gasteiger partial charge in [-0.3, -0.25) is 78.3 Å². The normalized spacial score (nSPS) is 15.3. The molecule has 18 N–H and O–H groups in total. The number of nitrogens with zero attached hydrogens (tertiary/aromatic N) is 6. The first-order valence-electron chi connectivity index (χ1n) is 39.3. The van der Waals surface area contributed by atoms with Crippen LogP contribution in [0.1, 0.15) is 188 Å². The number of hydrogen-bond donors (Lipinski definition) is 16. The molecular formula is C78H110N18O20S3. The Bertz CT molecular complexity index is 4390. The van der Waals surface area contributed by atoms with Gasteiger partial charge in [-0.25, -0.2) is 30.0 Å². The number of nitrogen functional groups attached to an aromatic ring is 1. The third-order valence-electron chi connectivity index (χ3n) is 20.0. The number of carboxylic acids is 3. The van der Waals surface area contributed by atoms with Crippen LogP contribution >= 0.6 is 32.9 Å². The number of thiazole rings is 1. The minimum absolute atomic E-state index is 0.00794. The maximum Gasteiger partial charge on any atom is 0.426 e. The molecule has 1 aliphatic rings. The number of amides is 7. The number of phenols is 1. The summed E-state index contributed by atoms with van der Waals surface area (Å²) in [6, 6.07) is 6.29. The Labute approximate surface area is 699 Å². The zero-order valence-electron chi connectivity index (χ0n) is 67.8. The maximum atomic E-state index is 14.9. The monoisotopic (exact) mass is 1710 g/mol. The molecule has 1 aliphatic heterocycles. The Morgan fingerprint density at radius 2 is 1.51 bits per heavy atom. The molecule has 650 valence electrons. The van der Waals surface area contributed by atoms with Gasteiger partial charge in [-0.1, -0.05) is 95.0 Å². The molecule has 7 amide bonds. The Kier molecular flexibility index (Phi) is 39.6. The Morgan fingerprint density at radius 3 is 2.17 bits per heavy atom. The van der Waals surface area contributed by atoms with E-state index in [-0.39, 0.29) is 134 Å². The number of benzene rings is 2. The number of aromatic hydroxyl groups is 1. The molecule has 0 spiro atoms. The van der Waals surface area contributed by atoms with Crippen LogP contribution in [0.15, 0.2) is 64.9 Å². The van der Waals surface area contributed by atoms with Gasteiger partial charge in [0.2, 0.25) is 29.6 Å². The number of Topliss-reactive ketones (excluding diaryl/α,β-unsaturated/α-hetero) is 2. The fraction of sp³-hybridized carbons (Fsp3) is 0.551. The average molecular weight is 1720 g/mol. The van der Waals surface area contributed by atoms with Crippen LogP contribution in [0.4, 0.5) is 16.4 Å². The topological polar surface area (TPSA) is 584 Å². The molecule has 2 unspecified atom stereocenters. The summed E-state index contributed by atoms with van der Waals surface area (Å²) in [5.74, 6) is -15.0. The second kappa shape index (κ2) is 48.7. The molecule has 2 aromatic carbocycles. The minimum Gasteiger partial charge on any atom is -0.508 e. The number of hydrazine groups is 1. The first-order valence-corrected chi connectivity index (χ1v) is 42.7. The number of likely N-dealkylation sites (tertiary alicyclic amines) is 1. The van der Waals surface area contributed by atoms with Gasteiger partial charge in [0.1, 0.15) is 35.9 Å². The van der Waals surface area contributed by atoms with Crippen molar-refractivity contribution in [3.05, 3.63) is 98.0 Å². The quantitative estimate of drug-likeness (QED) is 0.00443. The van der Waals surface area contributed by atoms with Crippen LogP contribution in [-0.4, -0.2) is 219 Å². The lowest BCUT2D eigenvalue weighted by Crippen LogP contribution is -2.59. The smallest absolute Gasteiger partial charge is 0.426 e. The van der Waals surface area contributed by atoms with Crippen LogP contribution in [0.3, 0.4) is 0 Å². The molecule has 4 heterocycles. The molecule has 6 rings (SSSR count). The molecule has 119 heavy (non-hydrogen) atoms. The van der Waals surface area contributed by atoms with Gasteiger partial charge >= 0.3 is 30.0 Å². The van der Waals surface area contributed by atoms with Crippen molar-refractivity contribution in [1.29, 1.82) is 5.41 Å². The van der Waals surface area contributed by atoms with Crippen molar-refractivity contribution >= 4 is 139 Å². The predicted octanol–water partition coefficient (Wildman–Crippen LogP) is 5.36. The van der Waals surface area contributed by atoms with E-state index in [0.717, 1.165) is 41.0 Å². The van der Waals surface area contributed by atoms with E-state index in [2.05, 4.69) is 62.7 Å². The number of nitrogens with one attached hydrogen (secondary N) is 10. The van der Waals surface area contributed by atoms with Gasteiger partial charge < -0.3 is 78.2 Å². The number of piperidine rings is 1. The molecule has 0 radical (unpaired) electrons. The van der Waals surface area contributed by atoms with Gasteiger partial charge in [-0.15, -0.1) is 11.3 Å². The number of fused-ring (bicyclic) bond motifs is 1. The average Bonchev–Trinajstić information content (AvgIpc) is 1.36. The van der Waals surface area contributed by atoms with E-state index in [1.165, 1.54) is 53.9 Å². The predicted molar refractivity (Wildman–Crippen MR) is 444 cm³/mol. The summed E-state index contributed by atoms with van der Waals surface area (Å²) in [6.45, 7) is 13.4. The number of rotatable bonds is 50. The third kappa shape index (κ3) is 32.3. The first-order chi connectivity index (χ1) is 56.5. The van der Waals surface area contributed by atoms with E-state index in [1.54, 1.807) is 29.3 Å². The highest BCUT2D eigenvalue weighted by Gasteiger charge is 2.40. The highest BCUT2D eigenvalue weighted by atomic mass is 33.1. The molecule has 0 aliphatic carbocycles. The van der Waals surface area contributed by atoms with E-state index < -0.39 is 163 Å². The number of likely N-dealkylation sites (N-methyl/N-ethyl adjacent to an activating group) is 1. The van der Waals surface area contributed by atoms with Crippen molar-refractivity contribution in [3.8, 4) is 5.75 Å². The summed E-state index contributed by atoms with van der Waals surface area (Å²) >= 11 is 1.25. The van der Waals surface area contributed by atoms with E-state index in [4.69, 9.17) is 31.3 Å². The zero-order chi connectivity index (χ0) is 87.6. The van der Waals surface area contributed by atoms with Crippen molar-refractivity contribution in [2.45, 2.75) is 200 Å². The number of aromatic nitrogens is 5. The van der Waals surface area contributed by atoms with Gasteiger partial charge in [0.05, 0.1) is 47.9 Å². The lowest BCUT2D eigenvalue weighted by atomic mass is 9.90. The van der Waals surface area contributed by atoms with E-state index >= 15 is 0 Å². The number of aromatic amines is 1. The summed E-state index contributed by atoms with van der Waals surface area (Å²) in [4.78, 5) is 209. The summed E-state index contributed by atoms with van der Waals surface area (Å²) in [5, 5.41) is 66.2. The molecule has 3 aromatic heterocycles. The van der Waals surface area contributed by atoms with Crippen LogP contribution in [-0.2, 0) is 70.4 Å². The van der Waals surface area contributed by atoms with E-state index in [0.29, 0.717) is 47.6 Å². The molecule has 1 fully saturated rings. The standard InChI is InChI=1S/C78H110N18O20S3/c1-9-14-62(102)116-41-96(73(109)63(43(5)10-2)90-70(107)58-16-11-12-28-95(58)8)59(42(3)4)32-45(7)72-89-57(40-117-72)69(106)86-51(33-46-17-23-53(97)24-18-46)31-44(6)66(103)93-94-78(114)115-29-30-118-119-39-49(74(110)111)35-60(99)56(36-61(100)101)88-68(105)48(15-13-27-82-76(79)80)34-54(98)25-26-55(75(112)113)87-67(104)47-19-21-50(22-20-47)83-37-52-38-84-65-64(85-52)71(108)92-77(81)91-65/h17-24,38,40,42-45,48-49,51,55-56,58-59,63,83,97H,9-16,25-37,39,41H2,1-8H3,(H,86,106)(H,87,104)(H,88,105)(H,90,107)(H,93,103)(H,94,114)(H,100,101)(H,110,111)(H,112,113)(H4,79,80,82)(H3,81,84,91,92,108)/t43-,44-,45+,48-,49+,51?,55+,56+,58+,59+,63?/m0/s1. The summed E-state index contributed by atoms with van der Waals surface area (Å²) in [5.41, 5.74) is 16.7. The molecular weight excluding hydrogens is 1610 g/mol. The maximum absolute atomic E-state index is 14.9. The number of esters is 1. The highest BCUT2D eigenvalue weighted by Crippen LogP contribution is 2.32. The number of aliphatic carboxylic acids is 3. The Balaban J connectivity index is 0.975. The van der Waals surface area contributed by atoms with Gasteiger partial charge in [-0.05, 0) is 125 Å². The number of carbonyl (C=O) groups excluding carboxylic acids is 10. The van der Waals surface area contributed by atoms with E-state index in [9.17, 15) is 87.5 Å². The fourth-order valence-electron chi connectivity index (χ4n) is 13.0. The zero-order valence-corrected chi connectivity index (χ0v) is 70.3. The van der Waals surface area contributed by atoms with Gasteiger partial charge in [0, 0.05) is 90.2 Å². The number of ether oxygens (including phenoxy) is 2. The minimum atomic E-state index is -1.77. The molecule has 0 bridgehead atoms. The van der Waals surface area contributed by atoms with Crippen molar-refractivity contribution in [1.82, 2.24) is 72.2 Å². The van der Waals surface area contributed by atoms with Crippen LogP contribution in [0.2, 0.25) is 0 Å². The second-order valence-corrected chi connectivity index (χ2v) is 33.2. The number of phenolic OH excluding ortho intramolecular Hbond substituents is 1. The number of hydrogen-bond acceptors (Lipinski definition) is 28. The number of ketones is 2. The third-order valence-corrected chi connectivity index (χ3v) is 23.5. The molecule has 38 nitrogen and oxygen atoms in total. The number of nitrogens with two attached hydrogens (primary N) is 2.